The first kappa shape index (κ1) is 13.6. The van der Waals surface area contributed by atoms with Gasteiger partial charge in [-0.05, 0) is 35.3 Å². The van der Waals surface area contributed by atoms with E-state index in [4.69, 9.17) is 5.73 Å². The highest BCUT2D eigenvalue weighted by Gasteiger charge is 2.13. The van der Waals surface area contributed by atoms with Crippen molar-refractivity contribution in [2.24, 2.45) is 7.05 Å². The van der Waals surface area contributed by atoms with Crippen molar-refractivity contribution < 1.29 is 0 Å². The molecule has 3 aromatic heterocycles. The molecular formula is C14H16N6S. The highest BCUT2D eigenvalue weighted by Crippen LogP contribution is 2.36. The first-order chi connectivity index (χ1) is 10.2. The summed E-state index contributed by atoms with van der Waals surface area (Å²) in [4.78, 5) is 4.03. The zero-order chi connectivity index (χ0) is 14.7. The molecule has 108 valence electrons. The van der Waals surface area contributed by atoms with E-state index in [2.05, 4.69) is 19.8 Å². The van der Waals surface area contributed by atoms with Gasteiger partial charge in [0.1, 0.15) is 10.8 Å². The Morgan fingerprint density at radius 2 is 2.10 bits per heavy atom. The molecular weight excluding hydrogens is 284 g/mol. The van der Waals surface area contributed by atoms with Gasteiger partial charge in [-0.15, -0.1) is 0 Å². The molecule has 0 fully saturated rings. The summed E-state index contributed by atoms with van der Waals surface area (Å²) < 4.78 is 6.05. The molecule has 0 amide bonds. The molecule has 6 nitrogen and oxygen atoms in total. The molecule has 0 aliphatic heterocycles. The predicted octanol–water partition coefficient (Wildman–Crippen LogP) is 2.18. The molecule has 0 saturated heterocycles. The van der Waals surface area contributed by atoms with Crippen molar-refractivity contribution in [3.63, 3.8) is 0 Å². The summed E-state index contributed by atoms with van der Waals surface area (Å²) in [7, 11) is 1.92. The summed E-state index contributed by atoms with van der Waals surface area (Å²) in [6.07, 6.45) is 6.31. The maximum Gasteiger partial charge on any atom is 0.147 e. The van der Waals surface area contributed by atoms with Crippen molar-refractivity contribution >= 4 is 22.4 Å². The lowest BCUT2D eigenvalue weighted by Crippen LogP contribution is -2.05. The molecule has 3 heterocycles. The second-order valence-corrected chi connectivity index (χ2v) is 5.44. The number of aryl methyl sites for hydroxylation is 1. The molecule has 0 atom stereocenters. The van der Waals surface area contributed by atoms with Gasteiger partial charge in [-0.3, -0.25) is 9.67 Å². The number of pyridine rings is 1. The Balaban J connectivity index is 1.72. The van der Waals surface area contributed by atoms with E-state index in [1.54, 1.807) is 12.4 Å². The van der Waals surface area contributed by atoms with Crippen molar-refractivity contribution in [1.29, 1.82) is 0 Å². The van der Waals surface area contributed by atoms with Gasteiger partial charge in [-0.2, -0.15) is 9.47 Å². The average molecular weight is 300 g/mol. The summed E-state index contributed by atoms with van der Waals surface area (Å²) in [6, 6.07) is 5.89. The number of aromatic nitrogens is 4. The Bertz CT molecular complexity index is 718. The third-order valence-corrected chi connectivity index (χ3v) is 3.94. The summed E-state index contributed by atoms with van der Waals surface area (Å²) in [5.41, 5.74) is 9.02. The number of nitrogens with two attached hydrogens (primary N) is 1. The lowest BCUT2D eigenvalue weighted by molar-refractivity contribution is 0.742. The van der Waals surface area contributed by atoms with Crippen LogP contribution in [0.1, 0.15) is 5.69 Å². The highest BCUT2D eigenvalue weighted by atomic mass is 32.1. The van der Waals surface area contributed by atoms with Gasteiger partial charge in [0.2, 0.25) is 0 Å². The van der Waals surface area contributed by atoms with Crippen LogP contribution in [-0.4, -0.2) is 25.7 Å². The van der Waals surface area contributed by atoms with Crippen molar-refractivity contribution in [3.05, 3.63) is 42.5 Å². The van der Waals surface area contributed by atoms with E-state index in [0.717, 1.165) is 34.8 Å². The minimum atomic E-state index is 0.548. The first-order valence-corrected chi connectivity index (χ1v) is 7.39. The van der Waals surface area contributed by atoms with Gasteiger partial charge >= 0.3 is 0 Å². The van der Waals surface area contributed by atoms with Crippen molar-refractivity contribution in [2.45, 2.75) is 6.42 Å². The Morgan fingerprint density at radius 1 is 1.29 bits per heavy atom. The number of anilines is 2. The van der Waals surface area contributed by atoms with Crippen molar-refractivity contribution in [2.75, 3.05) is 17.6 Å². The van der Waals surface area contributed by atoms with Gasteiger partial charge < -0.3 is 11.1 Å². The van der Waals surface area contributed by atoms with Gasteiger partial charge in [0.05, 0.1) is 11.3 Å². The molecule has 3 N–H and O–H groups in total. The fraction of sp³-hybridized carbons (Fsp3) is 0.214. The van der Waals surface area contributed by atoms with Gasteiger partial charge in [-0.25, -0.2) is 0 Å². The van der Waals surface area contributed by atoms with Crippen LogP contribution in [0.3, 0.4) is 0 Å². The second kappa shape index (κ2) is 5.92. The highest BCUT2D eigenvalue weighted by molar-refractivity contribution is 7.11. The van der Waals surface area contributed by atoms with Gasteiger partial charge in [0.15, 0.2) is 0 Å². The molecule has 0 aromatic carbocycles. The topological polar surface area (TPSA) is 81.7 Å². The molecule has 0 spiro atoms. The van der Waals surface area contributed by atoms with Crippen LogP contribution >= 0.6 is 11.5 Å². The van der Waals surface area contributed by atoms with Crippen LogP contribution in [0.4, 0.5) is 10.8 Å². The van der Waals surface area contributed by atoms with E-state index in [-0.39, 0.29) is 0 Å². The monoisotopic (exact) mass is 300 g/mol. The maximum atomic E-state index is 5.98. The number of nitrogens with zero attached hydrogens (tertiary/aromatic N) is 4. The molecule has 0 saturated carbocycles. The van der Waals surface area contributed by atoms with Gasteiger partial charge in [0, 0.05) is 38.6 Å². The Morgan fingerprint density at radius 3 is 2.81 bits per heavy atom. The molecule has 21 heavy (non-hydrogen) atoms. The molecule has 0 radical (unpaired) electrons. The van der Waals surface area contributed by atoms with Crippen LogP contribution in [0, 0.1) is 0 Å². The SMILES string of the molecule is Cn1ccc(CCNc2snc(N)c2-c2ccncc2)n1. The summed E-state index contributed by atoms with van der Waals surface area (Å²) in [5.74, 6) is 0.548. The van der Waals surface area contributed by atoms with Gasteiger partial charge in [-0.1, -0.05) is 0 Å². The molecule has 0 aliphatic carbocycles. The van der Waals surface area contributed by atoms with Gasteiger partial charge in [0.25, 0.3) is 0 Å². The normalized spacial score (nSPS) is 10.7. The van der Waals surface area contributed by atoms with E-state index >= 15 is 0 Å². The number of nitrogen functional groups attached to an aromatic ring is 1. The standard InChI is InChI=1S/C14H16N6S/c1-20-9-5-11(18-20)4-8-17-14-12(13(15)19-21-14)10-2-6-16-7-3-10/h2-3,5-7,9,17H,4,8H2,1H3,(H2,15,19). The van der Waals surface area contributed by atoms with Crippen LogP contribution in [0.2, 0.25) is 0 Å². The number of rotatable bonds is 5. The zero-order valence-corrected chi connectivity index (χ0v) is 12.5. The Labute approximate surface area is 126 Å². The van der Waals surface area contributed by atoms with Crippen LogP contribution < -0.4 is 11.1 Å². The molecule has 0 aliphatic rings. The fourth-order valence-electron chi connectivity index (χ4n) is 2.12. The van der Waals surface area contributed by atoms with Crippen LogP contribution in [0.15, 0.2) is 36.8 Å². The third-order valence-electron chi connectivity index (χ3n) is 3.12. The van der Waals surface area contributed by atoms with E-state index < -0.39 is 0 Å². The lowest BCUT2D eigenvalue weighted by atomic mass is 10.1. The summed E-state index contributed by atoms with van der Waals surface area (Å²) in [6.45, 7) is 0.788. The average Bonchev–Trinajstić information content (AvgIpc) is 3.06. The lowest BCUT2D eigenvalue weighted by Gasteiger charge is -2.06. The van der Waals surface area contributed by atoms with Crippen molar-refractivity contribution in [3.8, 4) is 11.1 Å². The minimum absolute atomic E-state index is 0.548. The van der Waals surface area contributed by atoms with Crippen LogP contribution in [-0.2, 0) is 13.5 Å². The quantitative estimate of drug-likeness (QED) is 0.754. The first-order valence-electron chi connectivity index (χ1n) is 6.62. The maximum absolute atomic E-state index is 5.98. The smallest absolute Gasteiger partial charge is 0.147 e. The largest absolute Gasteiger partial charge is 0.382 e. The fourth-order valence-corrected chi connectivity index (χ4v) is 2.88. The van der Waals surface area contributed by atoms with Crippen LogP contribution in [0.5, 0.6) is 0 Å². The number of hydrogen-bond donors (Lipinski definition) is 2. The molecule has 0 unspecified atom stereocenters. The van der Waals surface area contributed by atoms with Crippen LogP contribution in [0.25, 0.3) is 11.1 Å². The third kappa shape index (κ3) is 3.03. The minimum Gasteiger partial charge on any atom is -0.382 e. The Kier molecular flexibility index (Phi) is 3.83. The second-order valence-electron chi connectivity index (χ2n) is 4.67. The van der Waals surface area contributed by atoms with Crippen molar-refractivity contribution in [1.82, 2.24) is 19.1 Å². The zero-order valence-electron chi connectivity index (χ0n) is 11.7. The van der Waals surface area contributed by atoms with E-state index in [1.807, 2.05) is 36.1 Å². The molecule has 0 bridgehead atoms. The Hall–Kier alpha value is -2.41. The number of hydrogen-bond acceptors (Lipinski definition) is 6. The van der Waals surface area contributed by atoms with E-state index in [9.17, 15) is 0 Å². The predicted molar refractivity (Wildman–Crippen MR) is 85.2 cm³/mol. The molecule has 7 heteroatoms. The summed E-state index contributed by atoms with van der Waals surface area (Å²) in [5, 5.41) is 8.74. The molecule has 3 aromatic rings. The number of nitrogens with one attached hydrogen (secondary N) is 1. The molecule has 3 rings (SSSR count). The van der Waals surface area contributed by atoms with E-state index in [0.29, 0.717) is 5.82 Å². The van der Waals surface area contributed by atoms with E-state index in [1.165, 1.54) is 11.5 Å². The summed E-state index contributed by atoms with van der Waals surface area (Å²) >= 11 is 1.38.